The zero-order chi connectivity index (χ0) is 17.6. The van der Waals surface area contributed by atoms with E-state index in [9.17, 15) is 13.2 Å². The van der Waals surface area contributed by atoms with Crippen LogP contribution in [0.15, 0.2) is 64.4 Å². The van der Waals surface area contributed by atoms with E-state index < -0.39 is 10.0 Å². The molecule has 0 aliphatic rings. The average molecular weight is 364 g/mol. The molecular weight excluding hydrogens is 344 g/mol. The standard InChI is InChI=1S/C17H20N2O3S2/c1-3-24(21,22)19(2)13-17(20)18-15-11-7-8-12-16(15)23-14-9-5-4-6-10-14/h4-12H,3,13H2,1-2H3,(H,18,20). The number of amides is 1. The van der Waals surface area contributed by atoms with Gasteiger partial charge in [-0.05, 0) is 31.2 Å². The molecule has 0 saturated carbocycles. The summed E-state index contributed by atoms with van der Waals surface area (Å²) in [5.74, 6) is -0.396. The fourth-order valence-electron chi connectivity index (χ4n) is 1.99. The van der Waals surface area contributed by atoms with Crippen molar-refractivity contribution in [2.75, 3.05) is 24.7 Å². The first kappa shape index (κ1) is 18.5. The Labute approximate surface area is 147 Å². The van der Waals surface area contributed by atoms with Crippen molar-refractivity contribution in [2.24, 2.45) is 0 Å². The molecule has 24 heavy (non-hydrogen) atoms. The number of nitrogens with zero attached hydrogens (tertiary/aromatic N) is 1. The number of carbonyl (C=O) groups is 1. The van der Waals surface area contributed by atoms with Crippen molar-refractivity contribution < 1.29 is 13.2 Å². The van der Waals surface area contributed by atoms with Gasteiger partial charge in [-0.1, -0.05) is 42.1 Å². The van der Waals surface area contributed by atoms with Crippen molar-refractivity contribution in [3.63, 3.8) is 0 Å². The van der Waals surface area contributed by atoms with Gasteiger partial charge in [0.2, 0.25) is 15.9 Å². The summed E-state index contributed by atoms with van der Waals surface area (Å²) in [7, 11) is -1.97. The maximum Gasteiger partial charge on any atom is 0.239 e. The highest BCUT2D eigenvalue weighted by Gasteiger charge is 2.18. The van der Waals surface area contributed by atoms with E-state index in [1.165, 1.54) is 18.8 Å². The molecule has 1 N–H and O–H groups in total. The van der Waals surface area contributed by atoms with Gasteiger partial charge in [-0.3, -0.25) is 4.79 Å². The van der Waals surface area contributed by atoms with Crippen LogP contribution >= 0.6 is 11.8 Å². The second-order valence-corrected chi connectivity index (χ2v) is 8.60. The van der Waals surface area contributed by atoms with Gasteiger partial charge >= 0.3 is 0 Å². The van der Waals surface area contributed by atoms with Gasteiger partial charge in [0.25, 0.3) is 0 Å². The zero-order valence-corrected chi connectivity index (χ0v) is 15.2. The molecule has 0 aromatic heterocycles. The van der Waals surface area contributed by atoms with Crippen molar-refractivity contribution in [2.45, 2.75) is 16.7 Å². The maximum absolute atomic E-state index is 12.2. The Bertz CT molecular complexity index is 792. The third kappa shape index (κ3) is 5.09. The molecule has 2 aromatic rings. The number of hydrogen-bond acceptors (Lipinski definition) is 4. The van der Waals surface area contributed by atoms with Crippen LogP contribution in [-0.2, 0) is 14.8 Å². The van der Waals surface area contributed by atoms with Gasteiger partial charge in [-0.2, -0.15) is 4.31 Å². The highest BCUT2D eigenvalue weighted by atomic mass is 32.2. The first-order valence-corrected chi connectivity index (χ1v) is 9.90. The minimum Gasteiger partial charge on any atom is -0.324 e. The minimum absolute atomic E-state index is 0.0305. The predicted molar refractivity (Wildman–Crippen MR) is 97.7 cm³/mol. The number of para-hydroxylation sites is 1. The molecule has 0 radical (unpaired) electrons. The van der Waals surface area contributed by atoms with E-state index in [0.29, 0.717) is 5.69 Å². The lowest BCUT2D eigenvalue weighted by atomic mass is 10.3. The molecule has 2 rings (SSSR count). The van der Waals surface area contributed by atoms with E-state index in [1.54, 1.807) is 13.0 Å². The third-order valence-electron chi connectivity index (χ3n) is 3.34. The topological polar surface area (TPSA) is 66.5 Å². The molecule has 0 aliphatic heterocycles. The normalized spacial score (nSPS) is 11.5. The van der Waals surface area contributed by atoms with Crippen LogP contribution in [0.4, 0.5) is 5.69 Å². The Morgan fingerprint density at radius 3 is 2.38 bits per heavy atom. The number of hydrogen-bond donors (Lipinski definition) is 1. The van der Waals surface area contributed by atoms with Crippen LogP contribution in [0.5, 0.6) is 0 Å². The van der Waals surface area contributed by atoms with Crippen LogP contribution in [0.1, 0.15) is 6.92 Å². The van der Waals surface area contributed by atoms with Gasteiger partial charge in [0.15, 0.2) is 0 Å². The number of anilines is 1. The number of nitrogens with one attached hydrogen (secondary N) is 1. The van der Waals surface area contributed by atoms with E-state index in [-0.39, 0.29) is 18.2 Å². The van der Waals surface area contributed by atoms with Crippen LogP contribution in [0, 0.1) is 0 Å². The number of carbonyl (C=O) groups excluding carboxylic acids is 1. The molecule has 0 atom stereocenters. The second kappa shape index (κ2) is 8.32. The molecule has 0 unspecified atom stereocenters. The van der Waals surface area contributed by atoms with E-state index in [1.807, 2.05) is 48.5 Å². The van der Waals surface area contributed by atoms with Gasteiger partial charge in [-0.25, -0.2) is 8.42 Å². The van der Waals surface area contributed by atoms with Gasteiger partial charge in [0.05, 0.1) is 18.0 Å². The van der Waals surface area contributed by atoms with E-state index in [2.05, 4.69) is 5.32 Å². The summed E-state index contributed by atoms with van der Waals surface area (Å²) in [6, 6.07) is 17.3. The van der Waals surface area contributed by atoms with Gasteiger partial charge < -0.3 is 5.32 Å². The Balaban J connectivity index is 2.09. The second-order valence-electron chi connectivity index (χ2n) is 5.12. The molecule has 0 heterocycles. The van der Waals surface area contributed by atoms with Crippen LogP contribution < -0.4 is 5.32 Å². The molecule has 0 bridgehead atoms. The number of benzene rings is 2. The quantitative estimate of drug-likeness (QED) is 0.820. The van der Waals surface area contributed by atoms with Crippen molar-refractivity contribution in [3.8, 4) is 0 Å². The van der Waals surface area contributed by atoms with Crippen LogP contribution in [-0.4, -0.2) is 38.0 Å². The molecule has 0 fully saturated rings. The Kier molecular flexibility index (Phi) is 6.42. The molecular formula is C17H20N2O3S2. The number of rotatable bonds is 7. The fourth-order valence-corrected chi connectivity index (χ4v) is 3.66. The van der Waals surface area contributed by atoms with Gasteiger partial charge in [0, 0.05) is 16.8 Å². The summed E-state index contributed by atoms with van der Waals surface area (Å²) in [5, 5.41) is 2.79. The monoisotopic (exact) mass is 364 g/mol. The highest BCUT2D eigenvalue weighted by Crippen LogP contribution is 2.33. The lowest BCUT2D eigenvalue weighted by molar-refractivity contribution is -0.116. The summed E-state index contributed by atoms with van der Waals surface area (Å²) in [6.45, 7) is 1.34. The number of likely N-dealkylation sites (N-methyl/N-ethyl adjacent to an activating group) is 1. The summed E-state index contributed by atoms with van der Waals surface area (Å²) < 4.78 is 24.5. The van der Waals surface area contributed by atoms with Crippen molar-refractivity contribution in [3.05, 3.63) is 54.6 Å². The molecule has 5 nitrogen and oxygen atoms in total. The molecule has 2 aromatic carbocycles. The summed E-state index contributed by atoms with van der Waals surface area (Å²) >= 11 is 1.54. The van der Waals surface area contributed by atoms with E-state index in [0.717, 1.165) is 14.1 Å². The summed E-state index contributed by atoms with van der Waals surface area (Å²) in [4.78, 5) is 14.1. The summed E-state index contributed by atoms with van der Waals surface area (Å²) in [6.07, 6.45) is 0. The number of sulfonamides is 1. The van der Waals surface area contributed by atoms with Gasteiger partial charge in [0.1, 0.15) is 0 Å². The molecule has 1 amide bonds. The molecule has 0 saturated heterocycles. The lowest BCUT2D eigenvalue weighted by Gasteiger charge is -2.16. The van der Waals surface area contributed by atoms with Crippen LogP contribution in [0.2, 0.25) is 0 Å². The van der Waals surface area contributed by atoms with Gasteiger partial charge in [-0.15, -0.1) is 0 Å². The largest absolute Gasteiger partial charge is 0.324 e. The first-order chi connectivity index (χ1) is 11.4. The average Bonchev–Trinajstić information content (AvgIpc) is 2.57. The van der Waals surface area contributed by atoms with Crippen molar-refractivity contribution in [1.82, 2.24) is 4.31 Å². The van der Waals surface area contributed by atoms with Crippen LogP contribution in [0.3, 0.4) is 0 Å². The lowest BCUT2D eigenvalue weighted by Crippen LogP contribution is -2.35. The van der Waals surface area contributed by atoms with E-state index in [4.69, 9.17) is 0 Å². The minimum atomic E-state index is -3.38. The summed E-state index contributed by atoms with van der Waals surface area (Å²) in [5.41, 5.74) is 0.665. The van der Waals surface area contributed by atoms with E-state index >= 15 is 0 Å². The van der Waals surface area contributed by atoms with Crippen molar-refractivity contribution in [1.29, 1.82) is 0 Å². The Hall–Kier alpha value is -1.83. The zero-order valence-electron chi connectivity index (χ0n) is 13.6. The Morgan fingerprint density at radius 2 is 1.71 bits per heavy atom. The highest BCUT2D eigenvalue weighted by molar-refractivity contribution is 7.99. The molecule has 7 heteroatoms. The maximum atomic E-state index is 12.2. The third-order valence-corrected chi connectivity index (χ3v) is 6.23. The van der Waals surface area contributed by atoms with Crippen molar-refractivity contribution >= 4 is 33.4 Å². The predicted octanol–water partition coefficient (Wildman–Crippen LogP) is 3.06. The Morgan fingerprint density at radius 1 is 1.08 bits per heavy atom. The van der Waals surface area contributed by atoms with Crippen LogP contribution in [0.25, 0.3) is 0 Å². The smallest absolute Gasteiger partial charge is 0.239 e. The molecule has 0 spiro atoms. The molecule has 128 valence electrons. The SMILES string of the molecule is CCS(=O)(=O)N(C)CC(=O)Nc1ccccc1Sc1ccccc1. The fraction of sp³-hybridized carbons (Fsp3) is 0.235. The first-order valence-electron chi connectivity index (χ1n) is 7.48. The molecule has 0 aliphatic carbocycles.